The standard InChI is InChI=1S/C29H34N6O5.2CH4O3S/c1-29(2,3)22(13-14-30)34-26(36)17-7-10-19(21(15-17)28(38)39)20-11-12-23(40-4)35-24(20)27(37)33-18-8-5-16(6-9-18)25(31)32;2*1-5(2,3)4/h5-12,15,22H,13-14,30H2,1-4H3,(H3,31,32)(H,33,37)(H,34,36)(H,38,39);2*1H3,(H,2,3,4). The number of ether oxygens (including phenoxy) is 1. The van der Waals surface area contributed by atoms with Gasteiger partial charge in [0.1, 0.15) is 11.5 Å². The van der Waals surface area contributed by atoms with Crippen molar-refractivity contribution in [1.29, 1.82) is 5.41 Å². The third-order valence-corrected chi connectivity index (χ3v) is 6.36. The molecular formula is C31H42N6O11S2. The van der Waals surface area contributed by atoms with E-state index in [2.05, 4.69) is 15.6 Å². The van der Waals surface area contributed by atoms with E-state index in [0.717, 1.165) is 0 Å². The molecule has 50 heavy (non-hydrogen) atoms. The molecule has 1 heterocycles. The zero-order valence-electron chi connectivity index (χ0n) is 28.2. The Kier molecular flexibility index (Phi) is 15.6. The lowest BCUT2D eigenvalue weighted by atomic mass is 9.84. The summed E-state index contributed by atoms with van der Waals surface area (Å²) in [7, 11) is -5.93. The van der Waals surface area contributed by atoms with E-state index in [9.17, 15) is 36.3 Å². The Balaban J connectivity index is 0.00000109. The molecule has 0 aliphatic carbocycles. The minimum absolute atomic E-state index is 0.0783. The Morgan fingerprint density at radius 2 is 1.40 bits per heavy atom. The lowest BCUT2D eigenvalue weighted by molar-refractivity contribution is 0.0697. The molecule has 0 bridgehead atoms. The molecule has 10 N–H and O–H groups in total. The van der Waals surface area contributed by atoms with E-state index in [1.54, 1.807) is 24.3 Å². The number of carboxylic acids is 1. The Morgan fingerprint density at radius 3 is 1.84 bits per heavy atom. The molecule has 0 spiro atoms. The fourth-order valence-corrected chi connectivity index (χ4v) is 4.10. The first-order valence-electron chi connectivity index (χ1n) is 14.4. The van der Waals surface area contributed by atoms with E-state index in [4.69, 9.17) is 30.7 Å². The number of hydrogen-bond donors (Lipinski definition) is 8. The van der Waals surface area contributed by atoms with Gasteiger partial charge in [-0.25, -0.2) is 9.78 Å². The quantitative estimate of drug-likeness (QED) is 0.0842. The van der Waals surface area contributed by atoms with Gasteiger partial charge in [0.2, 0.25) is 5.88 Å². The van der Waals surface area contributed by atoms with Crippen molar-refractivity contribution >= 4 is 49.5 Å². The second kappa shape index (κ2) is 18.2. The van der Waals surface area contributed by atoms with Gasteiger partial charge >= 0.3 is 5.97 Å². The van der Waals surface area contributed by atoms with Gasteiger partial charge in [0.25, 0.3) is 32.1 Å². The Labute approximate surface area is 290 Å². The van der Waals surface area contributed by atoms with E-state index in [-0.39, 0.29) is 51.1 Å². The predicted octanol–water partition coefficient (Wildman–Crippen LogP) is 2.49. The average molecular weight is 739 g/mol. The average Bonchev–Trinajstić information content (AvgIpc) is 2.98. The predicted molar refractivity (Wildman–Crippen MR) is 188 cm³/mol. The van der Waals surface area contributed by atoms with Crippen LogP contribution < -0.4 is 26.8 Å². The summed E-state index contributed by atoms with van der Waals surface area (Å²) in [6, 6.07) is 13.4. The second-order valence-electron chi connectivity index (χ2n) is 11.7. The number of amidine groups is 1. The van der Waals surface area contributed by atoms with Crippen LogP contribution in [-0.2, 0) is 20.2 Å². The van der Waals surface area contributed by atoms with Crippen molar-refractivity contribution in [3.63, 3.8) is 0 Å². The van der Waals surface area contributed by atoms with Gasteiger partial charge in [-0.05, 0) is 66.4 Å². The number of aromatic nitrogens is 1. The Hall–Kier alpha value is -4.95. The van der Waals surface area contributed by atoms with Gasteiger partial charge in [0.05, 0.1) is 25.2 Å². The number of nitrogens with two attached hydrogens (primary N) is 2. The number of benzene rings is 2. The van der Waals surface area contributed by atoms with E-state index in [0.29, 0.717) is 36.7 Å². The summed E-state index contributed by atoms with van der Waals surface area (Å²) < 4.78 is 56.9. The third kappa shape index (κ3) is 15.5. The van der Waals surface area contributed by atoms with E-state index in [1.807, 2.05) is 20.8 Å². The summed E-state index contributed by atoms with van der Waals surface area (Å²) in [5.74, 6) is -2.27. The smallest absolute Gasteiger partial charge is 0.336 e. The molecule has 0 aliphatic rings. The number of aromatic carboxylic acids is 1. The zero-order chi connectivity index (χ0) is 38.6. The summed E-state index contributed by atoms with van der Waals surface area (Å²) in [5.41, 5.74) is 12.2. The molecule has 1 aromatic heterocycles. The molecule has 2 aromatic carbocycles. The number of nitrogens with zero attached hydrogens (tertiary/aromatic N) is 1. The first kappa shape index (κ1) is 43.1. The number of nitrogens with one attached hydrogen (secondary N) is 3. The number of rotatable bonds is 10. The number of pyridine rings is 1. The minimum Gasteiger partial charge on any atom is -0.481 e. The van der Waals surface area contributed by atoms with Crippen LogP contribution in [0.4, 0.5) is 5.69 Å². The molecule has 1 unspecified atom stereocenters. The number of amides is 2. The van der Waals surface area contributed by atoms with Crippen molar-refractivity contribution in [1.82, 2.24) is 10.3 Å². The number of nitrogen functional groups attached to an aromatic ring is 1. The van der Waals surface area contributed by atoms with Crippen molar-refractivity contribution < 1.29 is 50.2 Å². The largest absolute Gasteiger partial charge is 0.481 e. The van der Waals surface area contributed by atoms with Crippen LogP contribution in [0.1, 0.15) is 64.0 Å². The van der Waals surface area contributed by atoms with E-state index < -0.39 is 38.0 Å². The highest BCUT2D eigenvalue weighted by Gasteiger charge is 2.27. The van der Waals surface area contributed by atoms with Gasteiger partial charge in [-0.2, -0.15) is 16.8 Å². The van der Waals surface area contributed by atoms with Gasteiger partial charge in [0, 0.05) is 34.5 Å². The molecule has 17 nitrogen and oxygen atoms in total. The highest BCUT2D eigenvalue weighted by Crippen LogP contribution is 2.30. The maximum Gasteiger partial charge on any atom is 0.336 e. The summed E-state index contributed by atoms with van der Waals surface area (Å²) in [6.07, 6.45) is 1.99. The third-order valence-electron chi connectivity index (χ3n) is 6.36. The molecule has 274 valence electrons. The first-order chi connectivity index (χ1) is 22.8. The van der Waals surface area contributed by atoms with Gasteiger partial charge in [-0.1, -0.05) is 26.8 Å². The molecule has 0 saturated heterocycles. The van der Waals surface area contributed by atoms with Crippen LogP contribution in [0.2, 0.25) is 0 Å². The molecular weight excluding hydrogens is 697 g/mol. The molecule has 0 radical (unpaired) electrons. The Morgan fingerprint density at radius 1 is 0.900 bits per heavy atom. The molecule has 3 aromatic rings. The van der Waals surface area contributed by atoms with Crippen molar-refractivity contribution in [3.8, 4) is 17.0 Å². The maximum atomic E-state index is 13.3. The van der Waals surface area contributed by atoms with Crippen LogP contribution in [0.25, 0.3) is 11.1 Å². The van der Waals surface area contributed by atoms with Crippen molar-refractivity contribution in [3.05, 3.63) is 77.0 Å². The lowest BCUT2D eigenvalue weighted by Gasteiger charge is -2.31. The van der Waals surface area contributed by atoms with Gasteiger partial charge in [-0.3, -0.25) is 24.1 Å². The molecule has 1 atom stereocenters. The van der Waals surface area contributed by atoms with Crippen molar-refractivity contribution in [2.45, 2.75) is 33.2 Å². The highest BCUT2D eigenvalue weighted by molar-refractivity contribution is 7.85. The number of carbonyl (C=O) groups excluding carboxylic acids is 2. The monoisotopic (exact) mass is 738 g/mol. The van der Waals surface area contributed by atoms with Crippen LogP contribution in [0.5, 0.6) is 5.88 Å². The number of carbonyl (C=O) groups is 3. The van der Waals surface area contributed by atoms with Gasteiger partial charge in [-0.15, -0.1) is 0 Å². The molecule has 3 rings (SSSR count). The SMILES string of the molecule is COc1ccc(-c2ccc(C(=O)NC(CCN)C(C)(C)C)cc2C(=O)O)c(C(=O)Nc2ccc(C(=N)N)cc2)n1.CS(=O)(=O)O.CS(=O)(=O)O. The summed E-state index contributed by atoms with van der Waals surface area (Å²) in [5, 5.41) is 23.2. The molecule has 0 fully saturated rings. The molecule has 0 aliphatic heterocycles. The summed E-state index contributed by atoms with van der Waals surface area (Å²) in [6.45, 7) is 6.35. The van der Waals surface area contributed by atoms with Crippen LogP contribution in [0.3, 0.4) is 0 Å². The normalized spacial score (nSPS) is 11.8. The molecule has 0 saturated carbocycles. The lowest BCUT2D eigenvalue weighted by Crippen LogP contribution is -2.44. The van der Waals surface area contributed by atoms with Crippen LogP contribution in [0, 0.1) is 10.8 Å². The van der Waals surface area contributed by atoms with Crippen molar-refractivity contribution in [2.24, 2.45) is 16.9 Å². The van der Waals surface area contributed by atoms with Crippen LogP contribution in [0.15, 0.2) is 54.6 Å². The fraction of sp³-hybridized carbons (Fsp3) is 0.323. The van der Waals surface area contributed by atoms with E-state index in [1.165, 1.54) is 37.4 Å². The minimum atomic E-state index is -3.67. The van der Waals surface area contributed by atoms with Gasteiger partial charge in [0.15, 0.2) is 0 Å². The summed E-state index contributed by atoms with van der Waals surface area (Å²) in [4.78, 5) is 43.0. The first-order valence-corrected chi connectivity index (χ1v) is 18.1. The van der Waals surface area contributed by atoms with Crippen LogP contribution in [-0.4, -0.2) is 91.9 Å². The number of methoxy groups -OCH3 is 1. The number of hydrogen-bond acceptors (Lipinski definition) is 11. The van der Waals surface area contributed by atoms with Crippen molar-refractivity contribution in [2.75, 3.05) is 31.5 Å². The topological polar surface area (TPSA) is 302 Å². The Bertz CT molecular complexity index is 1860. The molecule has 2 amide bonds. The highest BCUT2D eigenvalue weighted by atomic mass is 32.2. The zero-order valence-corrected chi connectivity index (χ0v) is 29.8. The fourth-order valence-electron chi connectivity index (χ4n) is 4.10. The molecule has 19 heteroatoms. The van der Waals surface area contributed by atoms with E-state index >= 15 is 0 Å². The van der Waals surface area contributed by atoms with Gasteiger partial charge < -0.3 is 31.9 Å². The summed E-state index contributed by atoms with van der Waals surface area (Å²) >= 11 is 0. The maximum absolute atomic E-state index is 13.3. The second-order valence-corrected chi connectivity index (χ2v) is 14.6. The number of anilines is 1. The van der Waals surface area contributed by atoms with Crippen LogP contribution >= 0.6 is 0 Å². The number of carboxylic acid groups (broad SMARTS) is 1.